The van der Waals surface area contributed by atoms with Gasteiger partial charge in [-0.15, -0.1) is 0 Å². The van der Waals surface area contributed by atoms with Crippen LogP contribution in [0.1, 0.15) is 32.6 Å². The SMILES string of the molecule is CC1CCCC(Nc2cc(N)nc(N)n2)C1. The Morgan fingerprint density at radius 1 is 1.31 bits per heavy atom. The first-order valence-electron chi connectivity index (χ1n) is 5.80. The Hall–Kier alpha value is -1.52. The summed E-state index contributed by atoms with van der Waals surface area (Å²) in [5.74, 6) is 2.16. The van der Waals surface area contributed by atoms with E-state index in [1.807, 2.05) is 0 Å². The predicted molar refractivity (Wildman–Crippen MR) is 65.9 cm³/mol. The average Bonchev–Trinajstić information content (AvgIpc) is 2.15. The number of nitrogens with two attached hydrogens (primary N) is 2. The van der Waals surface area contributed by atoms with Crippen LogP contribution in [0.4, 0.5) is 17.6 Å². The standard InChI is InChI=1S/C11H19N5/c1-7-3-2-4-8(5-7)14-10-6-9(12)15-11(13)16-10/h6-8H,2-5H2,1H3,(H5,12,13,14,15,16). The maximum atomic E-state index is 5.62. The number of hydrogen-bond acceptors (Lipinski definition) is 5. The predicted octanol–water partition coefficient (Wildman–Crippen LogP) is 1.63. The first-order chi connectivity index (χ1) is 7.63. The van der Waals surface area contributed by atoms with Crippen LogP contribution in [0.25, 0.3) is 0 Å². The van der Waals surface area contributed by atoms with Gasteiger partial charge in [0.2, 0.25) is 5.95 Å². The topological polar surface area (TPSA) is 89.8 Å². The van der Waals surface area contributed by atoms with E-state index >= 15 is 0 Å². The molecular weight excluding hydrogens is 202 g/mol. The smallest absolute Gasteiger partial charge is 0.223 e. The molecule has 1 saturated carbocycles. The number of rotatable bonds is 2. The van der Waals surface area contributed by atoms with E-state index < -0.39 is 0 Å². The van der Waals surface area contributed by atoms with Crippen LogP contribution in [0, 0.1) is 5.92 Å². The number of hydrogen-bond donors (Lipinski definition) is 3. The van der Waals surface area contributed by atoms with Crippen molar-refractivity contribution in [1.82, 2.24) is 9.97 Å². The molecule has 2 unspecified atom stereocenters. The van der Waals surface area contributed by atoms with Crippen molar-refractivity contribution in [3.63, 3.8) is 0 Å². The summed E-state index contributed by atoms with van der Waals surface area (Å²) in [6.45, 7) is 2.29. The molecule has 1 aromatic heterocycles. The lowest BCUT2D eigenvalue weighted by molar-refractivity contribution is 0.358. The number of nitrogens with zero attached hydrogens (tertiary/aromatic N) is 2. The second kappa shape index (κ2) is 4.55. The molecule has 1 heterocycles. The summed E-state index contributed by atoms with van der Waals surface area (Å²) >= 11 is 0. The molecule has 0 amide bonds. The summed E-state index contributed by atoms with van der Waals surface area (Å²) in [6, 6.07) is 2.22. The molecule has 1 aromatic rings. The van der Waals surface area contributed by atoms with E-state index in [0.717, 1.165) is 11.7 Å². The number of nitrogens with one attached hydrogen (secondary N) is 1. The molecule has 0 saturated heterocycles. The Morgan fingerprint density at radius 3 is 2.81 bits per heavy atom. The fourth-order valence-corrected chi connectivity index (χ4v) is 2.33. The normalized spacial score (nSPS) is 25.3. The van der Waals surface area contributed by atoms with Crippen molar-refractivity contribution in [2.24, 2.45) is 5.92 Å². The average molecular weight is 221 g/mol. The van der Waals surface area contributed by atoms with E-state index in [2.05, 4.69) is 22.2 Å². The third-order valence-corrected chi connectivity index (χ3v) is 3.05. The molecule has 2 atom stereocenters. The van der Waals surface area contributed by atoms with Crippen molar-refractivity contribution in [1.29, 1.82) is 0 Å². The van der Waals surface area contributed by atoms with Crippen LogP contribution in [0.5, 0.6) is 0 Å². The monoisotopic (exact) mass is 221 g/mol. The number of nitrogen functional groups attached to an aromatic ring is 2. The summed E-state index contributed by atoms with van der Waals surface area (Å²) in [6.07, 6.45) is 4.97. The van der Waals surface area contributed by atoms with E-state index in [9.17, 15) is 0 Å². The molecule has 1 aliphatic carbocycles. The Labute approximate surface area is 95.6 Å². The first kappa shape index (κ1) is 11.0. The lowest BCUT2D eigenvalue weighted by Gasteiger charge is -2.27. The van der Waals surface area contributed by atoms with Crippen LogP contribution in [0.15, 0.2) is 6.07 Å². The van der Waals surface area contributed by atoms with Crippen LogP contribution in [-0.2, 0) is 0 Å². The molecule has 0 aliphatic heterocycles. The second-order valence-corrected chi connectivity index (χ2v) is 4.65. The van der Waals surface area contributed by atoms with Gasteiger partial charge in [0.25, 0.3) is 0 Å². The molecule has 2 rings (SSSR count). The van der Waals surface area contributed by atoms with Crippen molar-refractivity contribution in [3.8, 4) is 0 Å². The van der Waals surface area contributed by atoms with Gasteiger partial charge in [-0.05, 0) is 18.8 Å². The zero-order valence-electron chi connectivity index (χ0n) is 9.61. The van der Waals surface area contributed by atoms with Gasteiger partial charge in [0.05, 0.1) is 0 Å². The zero-order chi connectivity index (χ0) is 11.5. The van der Waals surface area contributed by atoms with Gasteiger partial charge in [-0.25, -0.2) is 0 Å². The van der Waals surface area contributed by atoms with Crippen molar-refractivity contribution < 1.29 is 0 Å². The van der Waals surface area contributed by atoms with E-state index in [1.54, 1.807) is 6.07 Å². The van der Waals surface area contributed by atoms with Crippen LogP contribution in [-0.4, -0.2) is 16.0 Å². The maximum Gasteiger partial charge on any atom is 0.223 e. The highest BCUT2D eigenvalue weighted by Gasteiger charge is 2.19. The molecule has 0 bridgehead atoms. The second-order valence-electron chi connectivity index (χ2n) is 4.65. The quantitative estimate of drug-likeness (QED) is 0.706. The lowest BCUT2D eigenvalue weighted by atomic mass is 9.87. The first-order valence-corrected chi connectivity index (χ1v) is 5.80. The minimum Gasteiger partial charge on any atom is -0.383 e. The van der Waals surface area contributed by atoms with Gasteiger partial charge in [0.1, 0.15) is 11.6 Å². The van der Waals surface area contributed by atoms with Gasteiger partial charge < -0.3 is 16.8 Å². The van der Waals surface area contributed by atoms with Gasteiger partial charge in [-0.2, -0.15) is 9.97 Å². The van der Waals surface area contributed by atoms with Crippen molar-refractivity contribution in [2.75, 3.05) is 16.8 Å². The van der Waals surface area contributed by atoms with Crippen LogP contribution >= 0.6 is 0 Å². The molecule has 1 aliphatic rings. The summed E-state index contributed by atoms with van der Waals surface area (Å²) < 4.78 is 0. The van der Waals surface area contributed by atoms with E-state index in [0.29, 0.717) is 11.9 Å². The zero-order valence-corrected chi connectivity index (χ0v) is 9.61. The highest BCUT2D eigenvalue weighted by molar-refractivity contribution is 5.48. The van der Waals surface area contributed by atoms with Gasteiger partial charge >= 0.3 is 0 Å². The number of anilines is 3. The summed E-state index contributed by atoms with van der Waals surface area (Å²) in [5.41, 5.74) is 11.2. The molecule has 0 spiro atoms. The number of aromatic nitrogens is 2. The van der Waals surface area contributed by atoms with Crippen LogP contribution < -0.4 is 16.8 Å². The van der Waals surface area contributed by atoms with Crippen molar-refractivity contribution in [2.45, 2.75) is 38.6 Å². The Morgan fingerprint density at radius 2 is 2.12 bits per heavy atom. The van der Waals surface area contributed by atoms with Gasteiger partial charge in [-0.1, -0.05) is 19.8 Å². The third kappa shape index (κ3) is 2.74. The Kier molecular flexibility index (Phi) is 3.12. The molecule has 0 radical (unpaired) electrons. The largest absolute Gasteiger partial charge is 0.383 e. The highest BCUT2D eigenvalue weighted by atomic mass is 15.1. The van der Waals surface area contributed by atoms with E-state index in [-0.39, 0.29) is 5.95 Å². The summed E-state index contributed by atoms with van der Waals surface area (Å²) in [7, 11) is 0. The van der Waals surface area contributed by atoms with Crippen molar-refractivity contribution in [3.05, 3.63) is 6.07 Å². The fraction of sp³-hybridized carbons (Fsp3) is 0.636. The molecule has 5 heteroatoms. The fourth-order valence-electron chi connectivity index (χ4n) is 2.33. The van der Waals surface area contributed by atoms with Crippen LogP contribution in [0.2, 0.25) is 0 Å². The Bertz CT molecular complexity index is 345. The Balaban J connectivity index is 2.02. The molecule has 5 N–H and O–H groups in total. The van der Waals surface area contributed by atoms with Gasteiger partial charge in [0, 0.05) is 12.1 Å². The summed E-state index contributed by atoms with van der Waals surface area (Å²) in [5, 5.41) is 3.38. The molecule has 0 aromatic carbocycles. The molecule has 16 heavy (non-hydrogen) atoms. The summed E-state index contributed by atoms with van der Waals surface area (Å²) in [4.78, 5) is 7.98. The van der Waals surface area contributed by atoms with Gasteiger partial charge in [-0.3, -0.25) is 0 Å². The molecule has 1 fully saturated rings. The highest BCUT2D eigenvalue weighted by Crippen LogP contribution is 2.26. The van der Waals surface area contributed by atoms with E-state index in [1.165, 1.54) is 25.7 Å². The third-order valence-electron chi connectivity index (χ3n) is 3.05. The minimum absolute atomic E-state index is 0.228. The lowest BCUT2D eigenvalue weighted by Crippen LogP contribution is -2.26. The van der Waals surface area contributed by atoms with Crippen molar-refractivity contribution >= 4 is 17.6 Å². The maximum absolute atomic E-state index is 5.62. The van der Waals surface area contributed by atoms with E-state index in [4.69, 9.17) is 11.5 Å². The van der Waals surface area contributed by atoms with Gasteiger partial charge in [0.15, 0.2) is 0 Å². The van der Waals surface area contributed by atoms with Crippen LogP contribution in [0.3, 0.4) is 0 Å². The minimum atomic E-state index is 0.228. The molecule has 5 nitrogen and oxygen atoms in total. The molecule has 88 valence electrons. The molecular formula is C11H19N5.